The first-order valence-corrected chi connectivity index (χ1v) is 9.73. The SMILES string of the molecule is CC(C)(C)c1cc(NC(=O)Cn2nc(-c3ccc(Br)o3)oc2=O)c(C(N)=O)s1. The largest absolute Gasteiger partial charge is 0.444 e. The van der Waals surface area contributed by atoms with Crippen molar-refractivity contribution in [2.24, 2.45) is 5.73 Å². The van der Waals surface area contributed by atoms with E-state index in [0.29, 0.717) is 10.4 Å². The van der Waals surface area contributed by atoms with Crippen molar-refractivity contribution in [3.63, 3.8) is 0 Å². The third-order valence-electron chi connectivity index (χ3n) is 3.65. The van der Waals surface area contributed by atoms with Crippen LogP contribution in [0.4, 0.5) is 5.69 Å². The van der Waals surface area contributed by atoms with E-state index in [1.807, 2.05) is 20.8 Å². The van der Waals surface area contributed by atoms with Crippen molar-refractivity contribution in [1.29, 1.82) is 0 Å². The molecule has 9 nitrogen and oxygen atoms in total. The van der Waals surface area contributed by atoms with Gasteiger partial charge in [-0.2, -0.15) is 4.68 Å². The molecule has 0 atom stereocenters. The Labute approximate surface area is 171 Å². The first kappa shape index (κ1) is 20.1. The molecule has 11 heteroatoms. The van der Waals surface area contributed by atoms with E-state index in [1.165, 1.54) is 11.3 Å². The summed E-state index contributed by atoms with van der Waals surface area (Å²) in [5.41, 5.74) is 5.51. The number of thiophene rings is 1. The molecule has 0 aromatic carbocycles. The minimum absolute atomic E-state index is 0.0492. The topological polar surface area (TPSA) is 133 Å². The summed E-state index contributed by atoms with van der Waals surface area (Å²) in [5.74, 6) is -1.81. The molecule has 0 bridgehead atoms. The molecule has 3 N–H and O–H groups in total. The van der Waals surface area contributed by atoms with Crippen LogP contribution in [-0.4, -0.2) is 21.6 Å². The summed E-state index contributed by atoms with van der Waals surface area (Å²) in [6, 6.07) is 4.90. The summed E-state index contributed by atoms with van der Waals surface area (Å²) in [7, 11) is 0. The second-order valence-corrected chi connectivity index (χ2v) is 8.78. The van der Waals surface area contributed by atoms with Crippen molar-refractivity contribution < 1.29 is 18.4 Å². The Morgan fingerprint density at radius 2 is 2.04 bits per heavy atom. The van der Waals surface area contributed by atoms with Gasteiger partial charge < -0.3 is 19.9 Å². The molecule has 3 rings (SSSR count). The number of nitrogens with zero attached hydrogens (tertiary/aromatic N) is 2. The van der Waals surface area contributed by atoms with Crippen molar-refractivity contribution in [2.45, 2.75) is 32.7 Å². The summed E-state index contributed by atoms with van der Waals surface area (Å²) >= 11 is 4.37. The van der Waals surface area contributed by atoms with E-state index in [9.17, 15) is 14.4 Å². The van der Waals surface area contributed by atoms with Gasteiger partial charge in [-0.15, -0.1) is 16.4 Å². The minimum Gasteiger partial charge on any atom is -0.444 e. The lowest BCUT2D eigenvalue weighted by molar-refractivity contribution is -0.117. The molecule has 0 saturated carbocycles. The van der Waals surface area contributed by atoms with Crippen LogP contribution in [0, 0.1) is 0 Å². The molecule has 3 heterocycles. The zero-order valence-corrected chi connectivity index (χ0v) is 17.6. The van der Waals surface area contributed by atoms with Gasteiger partial charge in [0.1, 0.15) is 11.4 Å². The summed E-state index contributed by atoms with van der Waals surface area (Å²) in [6.07, 6.45) is 0. The molecule has 0 unspecified atom stereocenters. The first-order valence-electron chi connectivity index (χ1n) is 8.12. The molecular weight excluding hydrogens is 452 g/mol. The smallest absolute Gasteiger partial charge is 0.437 e. The maximum Gasteiger partial charge on any atom is 0.437 e. The molecule has 28 heavy (non-hydrogen) atoms. The maximum atomic E-state index is 12.4. The number of carbonyl (C=O) groups is 2. The molecule has 2 amide bonds. The van der Waals surface area contributed by atoms with Crippen molar-refractivity contribution in [1.82, 2.24) is 9.78 Å². The van der Waals surface area contributed by atoms with E-state index >= 15 is 0 Å². The van der Waals surface area contributed by atoms with Gasteiger partial charge in [-0.05, 0) is 39.5 Å². The van der Waals surface area contributed by atoms with Crippen LogP contribution in [0.15, 0.2) is 36.5 Å². The summed E-state index contributed by atoms with van der Waals surface area (Å²) in [6.45, 7) is 5.55. The summed E-state index contributed by atoms with van der Waals surface area (Å²) in [5, 5.41) is 6.56. The average molecular weight is 469 g/mol. The van der Waals surface area contributed by atoms with E-state index in [-0.39, 0.29) is 21.9 Å². The van der Waals surface area contributed by atoms with Crippen molar-refractivity contribution in [3.05, 3.63) is 43.2 Å². The Morgan fingerprint density at radius 1 is 1.32 bits per heavy atom. The molecule has 3 aromatic rings. The average Bonchev–Trinajstić information content (AvgIpc) is 3.26. The Bertz CT molecular complexity index is 1100. The van der Waals surface area contributed by atoms with E-state index in [2.05, 4.69) is 26.3 Å². The number of primary amides is 1. The highest BCUT2D eigenvalue weighted by atomic mass is 79.9. The molecule has 0 aliphatic rings. The number of anilines is 1. The Morgan fingerprint density at radius 3 is 2.61 bits per heavy atom. The number of rotatable bonds is 5. The Balaban J connectivity index is 1.80. The molecule has 0 aliphatic heterocycles. The van der Waals surface area contributed by atoms with Crippen LogP contribution >= 0.6 is 27.3 Å². The van der Waals surface area contributed by atoms with E-state index < -0.39 is 24.1 Å². The van der Waals surface area contributed by atoms with Crippen molar-refractivity contribution in [3.8, 4) is 11.7 Å². The number of aromatic nitrogens is 2. The Kier molecular flexibility index (Phi) is 5.31. The van der Waals surface area contributed by atoms with Crippen molar-refractivity contribution >= 4 is 44.8 Å². The number of halogens is 1. The summed E-state index contributed by atoms with van der Waals surface area (Å²) in [4.78, 5) is 37.2. The van der Waals surface area contributed by atoms with Crippen LogP contribution in [0.1, 0.15) is 35.3 Å². The highest BCUT2D eigenvalue weighted by Gasteiger charge is 2.23. The highest BCUT2D eigenvalue weighted by Crippen LogP contribution is 2.35. The predicted molar refractivity (Wildman–Crippen MR) is 106 cm³/mol. The predicted octanol–water partition coefficient (Wildman–Crippen LogP) is 2.96. The first-order chi connectivity index (χ1) is 13.0. The van der Waals surface area contributed by atoms with Crippen LogP contribution in [0.5, 0.6) is 0 Å². The van der Waals surface area contributed by atoms with Gasteiger partial charge in [0.2, 0.25) is 5.91 Å². The lowest BCUT2D eigenvalue weighted by Crippen LogP contribution is -2.26. The van der Waals surface area contributed by atoms with Gasteiger partial charge in [0, 0.05) is 4.88 Å². The number of amides is 2. The number of furan rings is 1. The molecule has 0 radical (unpaired) electrons. The Hall–Kier alpha value is -2.66. The fourth-order valence-electron chi connectivity index (χ4n) is 2.30. The monoisotopic (exact) mass is 468 g/mol. The van der Waals surface area contributed by atoms with E-state index in [4.69, 9.17) is 14.6 Å². The standard InChI is InChI=1S/C17H17BrN4O5S/c1-17(2,3)10-6-8(13(28-10)14(19)24)20-12(23)7-22-16(25)27-15(21-22)9-4-5-11(18)26-9/h4-6H,7H2,1-3H3,(H2,19,24)(H,20,23). The summed E-state index contributed by atoms with van der Waals surface area (Å²) < 4.78 is 11.6. The quantitative estimate of drug-likeness (QED) is 0.590. The lowest BCUT2D eigenvalue weighted by atomic mass is 9.94. The van der Waals surface area contributed by atoms with E-state index in [1.54, 1.807) is 18.2 Å². The van der Waals surface area contributed by atoms with Gasteiger partial charge in [-0.25, -0.2) is 4.79 Å². The number of hydrogen-bond acceptors (Lipinski definition) is 7. The molecule has 0 spiro atoms. The zero-order valence-electron chi connectivity index (χ0n) is 15.2. The third kappa shape index (κ3) is 4.25. The van der Waals surface area contributed by atoms with Crippen LogP contribution in [0.3, 0.4) is 0 Å². The van der Waals surface area contributed by atoms with Gasteiger partial charge in [0.25, 0.3) is 11.8 Å². The third-order valence-corrected chi connectivity index (χ3v) is 5.65. The van der Waals surface area contributed by atoms with Gasteiger partial charge in [-0.1, -0.05) is 20.8 Å². The zero-order chi connectivity index (χ0) is 20.6. The molecule has 148 valence electrons. The number of hydrogen-bond donors (Lipinski definition) is 2. The fourth-order valence-corrected chi connectivity index (χ4v) is 3.63. The molecule has 0 saturated heterocycles. The lowest BCUT2D eigenvalue weighted by Gasteiger charge is -2.15. The fraction of sp³-hybridized carbons (Fsp3) is 0.294. The second kappa shape index (κ2) is 7.40. The minimum atomic E-state index is -0.812. The van der Waals surface area contributed by atoms with Gasteiger partial charge in [0.05, 0.1) is 5.69 Å². The maximum absolute atomic E-state index is 12.4. The van der Waals surface area contributed by atoms with Crippen molar-refractivity contribution in [2.75, 3.05) is 5.32 Å². The molecule has 0 aliphatic carbocycles. The van der Waals surface area contributed by atoms with Crippen LogP contribution in [0.25, 0.3) is 11.7 Å². The normalized spacial score (nSPS) is 11.6. The molecule has 3 aromatic heterocycles. The van der Waals surface area contributed by atoms with Gasteiger partial charge >= 0.3 is 5.76 Å². The van der Waals surface area contributed by atoms with Gasteiger partial charge in [0.15, 0.2) is 10.4 Å². The van der Waals surface area contributed by atoms with Crippen LogP contribution in [-0.2, 0) is 16.8 Å². The van der Waals surface area contributed by atoms with E-state index in [0.717, 1.165) is 9.56 Å². The number of nitrogens with two attached hydrogens (primary N) is 1. The van der Waals surface area contributed by atoms with Crippen LogP contribution < -0.4 is 16.8 Å². The molecular formula is C17H17BrN4O5S. The highest BCUT2D eigenvalue weighted by molar-refractivity contribution is 9.10. The number of nitrogens with one attached hydrogen (secondary N) is 1. The second-order valence-electron chi connectivity index (χ2n) is 6.95. The number of carbonyl (C=O) groups excluding carboxylic acids is 2. The molecule has 0 fully saturated rings. The van der Waals surface area contributed by atoms with Gasteiger partial charge in [-0.3, -0.25) is 9.59 Å². The van der Waals surface area contributed by atoms with Crippen LogP contribution in [0.2, 0.25) is 0 Å².